The summed E-state index contributed by atoms with van der Waals surface area (Å²) in [5, 5.41) is 0. The molecule has 0 saturated carbocycles. The summed E-state index contributed by atoms with van der Waals surface area (Å²) in [6, 6.07) is 6.24. The van der Waals surface area contributed by atoms with Crippen LogP contribution in [0.1, 0.15) is 6.42 Å². The fourth-order valence-corrected chi connectivity index (χ4v) is 1.86. The average Bonchev–Trinajstić information content (AvgIpc) is 2.28. The number of hydrogen-bond acceptors (Lipinski definition) is 5. The molecule has 1 aromatic carbocycles. The Balaban J connectivity index is 2.52. The van der Waals surface area contributed by atoms with Gasteiger partial charge in [0, 0.05) is 18.8 Å². The van der Waals surface area contributed by atoms with Gasteiger partial charge in [-0.3, -0.25) is 0 Å². The van der Waals surface area contributed by atoms with Crippen LogP contribution in [0.2, 0.25) is 0 Å². The molecule has 1 aromatic rings. The number of nitrogens with two attached hydrogens (primary N) is 2. The van der Waals surface area contributed by atoms with E-state index in [0.29, 0.717) is 25.3 Å². The fraction of sp³-hybridized carbons (Fsp3) is 0.455. The highest BCUT2D eigenvalue weighted by molar-refractivity contribution is 7.90. The predicted molar refractivity (Wildman–Crippen MR) is 66.7 cm³/mol. The molecule has 0 bridgehead atoms. The van der Waals surface area contributed by atoms with Crippen LogP contribution in [0.3, 0.4) is 0 Å². The van der Waals surface area contributed by atoms with Gasteiger partial charge in [-0.05, 0) is 30.7 Å². The lowest BCUT2D eigenvalue weighted by atomic mass is 10.2. The number of benzene rings is 1. The molecule has 5 nitrogen and oxygen atoms in total. The zero-order valence-corrected chi connectivity index (χ0v) is 10.6. The molecule has 1 unspecified atom stereocenters. The second-order valence-electron chi connectivity index (χ2n) is 3.88. The normalized spacial score (nSPS) is 13.4. The first-order valence-corrected chi connectivity index (χ1v) is 7.21. The van der Waals surface area contributed by atoms with Crippen molar-refractivity contribution in [2.24, 2.45) is 11.5 Å². The van der Waals surface area contributed by atoms with Gasteiger partial charge in [-0.1, -0.05) is 0 Å². The second-order valence-corrected chi connectivity index (χ2v) is 5.89. The maximum absolute atomic E-state index is 11.2. The summed E-state index contributed by atoms with van der Waals surface area (Å²) >= 11 is 0. The molecule has 0 aliphatic carbocycles. The Morgan fingerprint density at radius 3 is 2.35 bits per heavy atom. The summed E-state index contributed by atoms with van der Waals surface area (Å²) in [6.07, 6.45) is 1.84. The lowest BCUT2D eigenvalue weighted by Gasteiger charge is -2.10. The van der Waals surface area contributed by atoms with Crippen LogP contribution in [0.4, 0.5) is 0 Å². The number of hydrogen-bond donors (Lipinski definition) is 2. The van der Waals surface area contributed by atoms with E-state index >= 15 is 0 Å². The Hall–Kier alpha value is -1.11. The molecule has 0 amide bonds. The molecule has 1 rings (SSSR count). The molecule has 0 saturated heterocycles. The minimum atomic E-state index is -3.15. The molecule has 0 spiro atoms. The van der Waals surface area contributed by atoms with E-state index in [4.69, 9.17) is 16.2 Å². The van der Waals surface area contributed by atoms with Gasteiger partial charge in [0.05, 0.1) is 11.5 Å². The van der Waals surface area contributed by atoms with Gasteiger partial charge in [-0.15, -0.1) is 0 Å². The zero-order chi connectivity index (χ0) is 12.9. The van der Waals surface area contributed by atoms with Crippen molar-refractivity contribution in [1.82, 2.24) is 0 Å². The molecular weight excluding hydrogens is 240 g/mol. The van der Waals surface area contributed by atoms with Crippen molar-refractivity contribution in [2.75, 3.05) is 19.4 Å². The summed E-state index contributed by atoms with van der Waals surface area (Å²) in [5.74, 6) is 0.627. The van der Waals surface area contributed by atoms with Crippen LogP contribution in [0.5, 0.6) is 5.75 Å². The zero-order valence-electron chi connectivity index (χ0n) is 9.80. The molecule has 0 heterocycles. The number of rotatable bonds is 6. The van der Waals surface area contributed by atoms with Crippen LogP contribution >= 0.6 is 0 Å². The molecule has 0 radical (unpaired) electrons. The molecule has 0 aromatic heterocycles. The first-order valence-electron chi connectivity index (χ1n) is 5.32. The maximum Gasteiger partial charge on any atom is 0.175 e. The molecule has 96 valence electrons. The lowest BCUT2D eigenvalue weighted by Crippen LogP contribution is -2.31. The van der Waals surface area contributed by atoms with E-state index < -0.39 is 9.84 Å². The van der Waals surface area contributed by atoms with Crippen molar-refractivity contribution in [2.45, 2.75) is 17.4 Å². The van der Waals surface area contributed by atoms with Crippen molar-refractivity contribution in [3.8, 4) is 5.75 Å². The van der Waals surface area contributed by atoms with Gasteiger partial charge in [0.1, 0.15) is 5.75 Å². The van der Waals surface area contributed by atoms with E-state index in [0.717, 1.165) is 0 Å². The minimum absolute atomic E-state index is 0.0645. The Kier molecular flexibility index (Phi) is 4.92. The Morgan fingerprint density at radius 2 is 1.88 bits per heavy atom. The number of sulfone groups is 1. The van der Waals surface area contributed by atoms with Crippen LogP contribution in [-0.4, -0.2) is 33.9 Å². The van der Waals surface area contributed by atoms with Crippen molar-refractivity contribution in [3.05, 3.63) is 24.3 Å². The second kappa shape index (κ2) is 6.00. The van der Waals surface area contributed by atoms with Gasteiger partial charge < -0.3 is 16.2 Å². The van der Waals surface area contributed by atoms with Crippen LogP contribution in [0.25, 0.3) is 0 Å². The minimum Gasteiger partial charge on any atom is -0.494 e. The fourth-order valence-electron chi connectivity index (χ4n) is 1.23. The summed E-state index contributed by atoms with van der Waals surface area (Å²) in [7, 11) is -3.15. The van der Waals surface area contributed by atoms with Crippen molar-refractivity contribution in [1.29, 1.82) is 0 Å². The molecular formula is C11H18N2O3S. The quantitative estimate of drug-likeness (QED) is 0.757. The SMILES string of the molecule is CS(=O)(=O)c1ccc(OCCC(N)CN)cc1. The molecule has 6 heteroatoms. The van der Waals surface area contributed by atoms with Crippen molar-refractivity contribution >= 4 is 9.84 Å². The third-order valence-electron chi connectivity index (χ3n) is 2.31. The monoisotopic (exact) mass is 258 g/mol. The Bertz CT molecular complexity index is 442. The maximum atomic E-state index is 11.2. The van der Waals surface area contributed by atoms with E-state index in [1.54, 1.807) is 12.1 Å². The van der Waals surface area contributed by atoms with Crippen LogP contribution in [0, 0.1) is 0 Å². The highest BCUT2D eigenvalue weighted by Gasteiger charge is 2.06. The van der Waals surface area contributed by atoms with Gasteiger partial charge in [-0.2, -0.15) is 0 Å². The molecule has 4 N–H and O–H groups in total. The van der Waals surface area contributed by atoms with Crippen molar-refractivity contribution in [3.63, 3.8) is 0 Å². The van der Waals surface area contributed by atoms with Crippen LogP contribution in [-0.2, 0) is 9.84 Å². The van der Waals surface area contributed by atoms with Gasteiger partial charge in [0.15, 0.2) is 9.84 Å². The van der Waals surface area contributed by atoms with Gasteiger partial charge in [0.25, 0.3) is 0 Å². The summed E-state index contributed by atoms with van der Waals surface area (Å²) < 4.78 is 27.8. The Labute approximate surface area is 102 Å². The number of ether oxygens (including phenoxy) is 1. The van der Waals surface area contributed by atoms with Gasteiger partial charge >= 0.3 is 0 Å². The first-order chi connectivity index (χ1) is 7.93. The molecule has 0 fully saturated rings. The highest BCUT2D eigenvalue weighted by atomic mass is 32.2. The largest absolute Gasteiger partial charge is 0.494 e. The van der Waals surface area contributed by atoms with E-state index in [-0.39, 0.29) is 10.9 Å². The third-order valence-corrected chi connectivity index (χ3v) is 3.44. The third kappa shape index (κ3) is 4.72. The van der Waals surface area contributed by atoms with E-state index in [9.17, 15) is 8.42 Å². The summed E-state index contributed by atoms with van der Waals surface area (Å²) in [6.45, 7) is 0.896. The molecule has 1 atom stereocenters. The predicted octanol–water partition coefficient (Wildman–Crippen LogP) is 0.145. The van der Waals surface area contributed by atoms with Crippen molar-refractivity contribution < 1.29 is 13.2 Å². The van der Waals surface area contributed by atoms with Gasteiger partial charge in [-0.25, -0.2) is 8.42 Å². The highest BCUT2D eigenvalue weighted by Crippen LogP contribution is 2.15. The van der Waals surface area contributed by atoms with Gasteiger partial charge in [0.2, 0.25) is 0 Å². The lowest BCUT2D eigenvalue weighted by molar-refractivity contribution is 0.298. The topological polar surface area (TPSA) is 95.4 Å². The van der Waals surface area contributed by atoms with Crippen LogP contribution in [0.15, 0.2) is 29.2 Å². The standard InChI is InChI=1S/C11H18N2O3S/c1-17(14,15)11-4-2-10(3-5-11)16-7-6-9(13)8-12/h2-5,9H,6-8,12-13H2,1H3. The summed E-state index contributed by atoms with van der Waals surface area (Å²) in [5.41, 5.74) is 11.0. The Morgan fingerprint density at radius 1 is 1.29 bits per heavy atom. The summed E-state index contributed by atoms with van der Waals surface area (Å²) in [4.78, 5) is 0.281. The average molecular weight is 258 g/mol. The molecule has 17 heavy (non-hydrogen) atoms. The van der Waals surface area contributed by atoms with E-state index in [1.165, 1.54) is 18.4 Å². The molecule has 0 aliphatic rings. The van der Waals surface area contributed by atoms with Crippen LogP contribution < -0.4 is 16.2 Å². The van der Waals surface area contributed by atoms with E-state index in [2.05, 4.69) is 0 Å². The first kappa shape index (κ1) is 14.0. The molecule has 0 aliphatic heterocycles. The van der Waals surface area contributed by atoms with E-state index in [1.807, 2.05) is 0 Å². The smallest absolute Gasteiger partial charge is 0.175 e.